The first kappa shape index (κ1) is 14.8. The van der Waals surface area contributed by atoms with Crippen LogP contribution in [0.5, 0.6) is 11.5 Å². The number of nitrogens with one attached hydrogen (secondary N) is 1. The second-order valence-electron chi connectivity index (χ2n) is 5.83. The monoisotopic (exact) mass is 321 g/mol. The number of hydrogen-bond donors (Lipinski definition) is 1. The Labute approximate surface area is 140 Å². The molecular weight excluding hydrogens is 302 g/mol. The summed E-state index contributed by atoms with van der Waals surface area (Å²) in [6.45, 7) is 4.02. The summed E-state index contributed by atoms with van der Waals surface area (Å²) in [5.74, 6) is 2.44. The van der Waals surface area contributed by atoms with Gasteiger partial charge in [-0.1, -0.05) is 18.2 Å². The Bertz CT molecular complexity index is 880. The number of aromatic nitrogens is 2. The van der Waals surface area contributed by atoms with Crippen molar-refractivity contribution in [3.63, 3.8) is 0 Å². The van der Waals surface area contributed by atoms with Crippen LogP contribution >= 0.6 is 0 Å². The Kier molecular flexibility index (Phi) is 3.91. The van der Waals surface area contributed by atoms with Gasteiger partial charge in [-0.2, -0.15) is 0 Å². The average Bonchev–Trinajstić information content (AvgIpc) is 2.84. The maximum absolute atomic E-state index is 5.74. The van der Waals surface area contributed by atoms with Crippen molar-refractivity contribution in [2.45, 2.75) is 19.9 Å². The summed E-state index contributed by atoms with van der Waals surface area (Å²) >= 11 is 0. The molecule has 0 saturated heterocycles. The molecule has 0 atom stereocenters. The van der Waals surface area contributed by atoms with Crippen molar-refractivity contribution in [1.82, 2.24) is 9.97 Å². The third kappa shape index (κ3) is 2.97. The van der Waals surface area contributed by atoms with Gasteiger partial charge in [0.2, 0.25) is 0 Å². The fourth-order valence-electron chi connectivity index (χ4n) is 2.76. The molecule has 0 bridgehead atoms. The lowest BCUT2D eigenvalue weighted by molar-refractivity contribution is 0.297. The topological polar surface area (TPSA) is 56.3 Å². The van der Waals surface area contributed by atoms with Crippen LogP contribution in [0.1, 0.15) is 17.7 Å². The van der Waals surface area contributed by atoms with Crippen LogP contribution in [0.2, 0.25) is 0 Å². The molecule has 3 aromatic rings. The lowest BCUT2D eigenvalue weighted by Gasteiger charge is -2.12. The molecule has 0 fully saturated rings. The van der Waals surface area contributed by atoms with E-state index in [0.29, 0.717) is 19.8 Å². The molecule has 0 saturated carbocycles. The molecule has 2 heterocycles. The average molecular weight is 321 g/mol. The summed E-state index contributed by atoms with van der Waals surface area (Å²) in [5.41, 5.74) is 3.82. The molecule has 1 N–H and O–H groups in total. The van der Waals surface area contributed by atoms with Gasteiger partial charge >= 0.3 is 0 Å². The minimum Gasteiger partial charge on any atom is -0.490 e. The van der Waals surface area contributed by atoms with E-state index in [1.807, 2.05) is 49.4 Å². The number of rotatable bonds is 3. The Balaban J connectivity index is 1.54. The predicted molar refractivity (Wildman–Crippen MR) is 93.7 cm³/mol. The summed E-state index contributed by atoms with van der Waals surface area (Å²) in [6, 6.07) is 13.9. The summed E-state index contributed by atoms with van der Waals surface area (Å²) in [6.07, 6.45) is 0.911. The van der Waals surface area contributed by atoms with E-state index in [2.05, 4.69) is 15.3 Å². The van der Waals surface area contributed by atoms with Crippen molar-refractivity contribution < 1.29 is 9.47 Å². The van der Waals surface area contributed by atoms with Crippen LogP contribution in [0.25, 0.3) is 11.0 Å². The van der Waals surface area contributed by atoms with E-state index < -0.39 is 0 Å². The van der Waals surface area contributed by atoms with Gasteiger partial charge in [-0.05, 0) is 36.8 Å². The molecule has 0 unspecified atom stereocenters. The molecule has 24 heavy (non-hydrogen) atoms. The van der Waals surface area contributed by atoms with E-state index >= 15 is 0 Å². The van der Waals surface area contributed by atoms with Gasteiger partial charge in [0.1, 0.15) is 5.82 Å². The molecule has 122 valence electrons. The van der Waals surface area contributed by atoms with Crippen LogP contribution in [0.15, 0.2) is 42.5 Å². The Hall–Kier alpha value is -2.82. The summed E-state index contributed by atoms with van der Waals surface area (Å²) < 4.78 is 11.4. The number of hydrogen-bond acceptors (Lipinski definition) is 5. The quantitative estimate of drug-likeness (QED) is 0.797. The molecule has 0 aliphatic carbocycles. The number of ether oxygens (including phenoxy) is 2. The van der Waals surface area contributed by atoms with Gasteiger partial charge in [0, 0.05) is 13.0 Å². The van der Waals surface area contributed by atoms with Crippen LogP contribution in [0.4, 0.5) is 5.82 Å². The van der Waals surface area contributed by atoms with Gasteiger partial charge in [-0.25, -0.2) is 9.97 Å². The van der Waals surface area contributed by atoms with E-state index in [0.717, 1.165) is 46.0 Å². The van der Waals surface area contributed by atoms with Crippen molar-refractivity contribution in [3.05, 3.63) is 53.7 Å². The van der Waals surface area contributed by atoms with Crippen molar-refractivity contribution >= 4 is 16.9 Å². The molecule has 5 nitrogen and oxygen atoms in total. The largest absolute Gasteiger partial charge is 0.490 e. The fourth-order valence-corrected chi connectivity index (χ4v) is 2.76. The van der Waals surface area contributed by atoms with Crippen LogP contribution in [-0.4, -0.2) is 23.2 Å². The first-order valence-electron chi connectivity index (χ1n) is 8.15. The zero-order valence-corrected chi connectivity index (χ0v) is 13.6. The number of nitrogens with zero attached hydrogens (tertiary/aromatic N) is 2. The lowest BCUT2D eigenvalue weighted by Crippen LogP contribution is -2.05. The standard InChI is InChI=1S/C19H19N3O2/c1-13-19(22-16-6-3-2-5-15(16)21-13)20-12-14-7-8-17-18(11-14)24-10-4-9-23-17/h2-3,5-8,11H,4,9-10,12H2,1H3,(H,20,22). The molecular formula is C19H19N3O2. The highest BCUT2D eigenvalue weighted by molar-refractivity contribution is 5.76. The number of aryl methyl sites for hydroxylation is 1. The maximum Gasteiger partial charge on any atom is 0.161 e. The van der Waals surface area contributed by atoms with Gasteiger partial charge < -0.3 is 14.8 Å². The highest BCUT2D eigenvalue weighted by atomic mass is 16.5. The Morgan fingerprint density at radius 3 is 2.54 bits per heavy atom. The van der Waals surface area contributed by atoms with Gasteiger partial charge in [-0.3, -0.25) is 0 Å². The van der Waals surface area contributed by atoms with Crippen molar-refractivity contribution in [3.8, 4) is 11.5 Å². The van der Waals surface area contributed by atoms with E-state index in [9.17, 15) is 0 Å². The molecule has 1 aromatic heterocycles. The molecule has 0 radical (unpaired) electrons. The van der Waals surface area contributed by atoms with E-state index in [-0.39, 0.29) is 0 Å². The van der Waals surface area contributed by atoms with Crippen molar-refractivity contribution in [2.75, 3.05) is 18.5 Å². The van der Waals surface area contributed by atoms with Crippen molar-refractivity contribution in [1.29, 1.82) is 0 Å². The highest BCUT2D eigenvalue weighted by Gasteiger charge is 2.11. The first-order chi connectivity index (χ1) is 11.8. The van der Waals surface area contributed by atoms with E-state index in [4.69, 9.17) is 9.47 Å². The summed E-state index contributed by atoms with van der Waals surface area (Å²) in [7, 11) is 0. The smallest absolute Gasteiger partial charge is 0.161 e. The highest BCUT2D eigenvalue weighted by Crippen LogP contribution is 2.30. The third-order valence-electron chi connectivity index (χ3n) is 4.02. The van der Waals surface area contributed by atoms with E-state index in [1.165, 1.54) is 0 Å². The number of fused-ring (bicyclic) bond motifs is 2. The molecule has 2 aromatic carbocycles. The third-order valence-corrected chi connectivity index (χ3v) is 4.02. The fraction of sp³-hybridized carbons (Fsp3) is 0.263. The number of anilines is 1. The molecule has 1 aliphatic heterocycles. The van der Waals surface area contributed by atoms with Crippen molar-refractivity contribution in [2.24, 2.45) is 0 Å². The van der Waals surface area contributed by atoms with E-state index in [1.54, 1.807) is 0 Å². The SMILES string of the molecule is Cc1nc2ccccc2nc1NCc1ccc2c(c1)OCCCO2. The van der Waals surface area contributed by atoms with Crippen LogP contribution in [0.3, 0.4) is 0 Å². The Morgan fingerprint density at radius 1 is 0.958 bits per heavy atom. The molecule has 5 heteroatoms. The van der Waals surface area contributed by atoms with Gasteiger partial charge in [0.05, 0.1) is 29.9 Å². The van der Waals surface area contributed by atoms with Crippen LogP contribution in [0, 0.1) is 6.92 Å². The molecule has 4 rings (SSSR count). The second-order valence-corrected chi connectivity index (χ2v) is 5.83. The van der Waals surface area contributed by atoms with Crippen LogP contribution in [-0.2, 0) is 6.54 Å². The zero-order chi connectivity index (χ0) is 16.4. The Morgan fingerprint density at radius 2 is 1.71 bits per heavy atom. The summed E-state index contributed by atoms with van der Waals surface area (Å²) in [4.78, 5) is 9.26. The number of para-hydroxylation sites is 2. The van der Waals surface area contributed by atoms with Gasteiger partial charge in [0.15, 0.2) is 11.5 Å². The normalized spacial score (nSPS) is 13.5. The minimum atomic E-state index is 0.657. The lowest BCUT2D eigenvalue weighted by atomic mass is 10.2. The first-order valence-corrected chi connectivity index (χ1v) is 8.15. The van der Waals surface area contributed by atoms with Gasteiger partial charge in [-0.15, -0.1) is 0 Å². The molecule has 1 aliphatic rings. The summed E-state index contributed by atoms with van der Waals surface area (Å²) in [5, 5.41) is 3.37. The number of benzene rings is 2. The predicted octanol–water partition coefficient (Wildman–Crippen LogP) is 3.71. The molecule has 0 spiro atoms. The second kappa shape index (κ2) is 6.35. The zero-order valence-electron chi connectivity index (χ0n) is 13.6. The van der Waals surface area contributed by atoms with Gasteiger partial charge in [0.25, 0.3) is 0 Å². The van der Waals surface area contributed by atoms with Crippen LogP contribution < -0.4 is 14.8 Å². The minimum absolute atomic E-state index is 0.657. The maximum atomic E-state index is 5.74. The molecule has 0 amide bonds.